The van der Waals surface area contributed by atoms with Crippen LogP contribution in [0.2, 0.25) is 0 Å². The van der Waals surface area contributed by atoms with Crippen molar-refractivity contribution >= 4 is 0 Å². The zero-order valence-electron chi connectivity index (χ0n) is 10.8. The first-order valence-electron chi connectivity index (χ1n) is 6.67. The molecule has 0 heterocycles. The second kappa shape index (κ2) is 3.48. The number of hydrogen-bond acceptors (Lipinski definition) is 1. The molecule has 4 unspecified atom stereocenters. The van der Waals surface area contributed by atoms with Crippen LogP contribution in [0.4, 0.5) is 0 Å². The molecule has 2 fully saturated rings. The Morgan fingerprint density at radius 3 is 2.47 bits per heavy atom. The molecule has 2 N–H and O–H groups in total. The third kappa shape index (κ3) is 1.54. The average molecular weight is 209 g/mol. The van der Waals surface area contributed by atoms with Crippen molar-refractivity contribution in [3.63, 3.8) is 0 Å². The van der Waals surface area contributed by atoms with Crippen molar-refractivity contribution in [3.8, 4) is 0 Å². The lowest BCUT2D eigenvalue weighted by Crippen LogP contribution is -2.46. The van der Waals surface area contributed by atoms with E-state index in [1.54, 1.807) is 0 Å². The normalized spacial score (nSPS) is 44.6. The van der Waals surface area contributed by atoms with Gasteiger partial charge in [-0.1, -0.05) is 34.1 Å². The maximum Gasteiger partial charge on any atom is 0.00774 e. The van der Waals surface area contributed by atoms with Crippen LogP contribution < -0.4 is 5.73 Å². The molecule has 2 aliphatic rings. The van der Waals surface area contributed by atoms with Gasteiger partial charge in [-0.25, -0.2) is 0 Å². The summed E-state index contributed by atoms with van der Waals surface area (Å²) >= 11 is 0. The van der Waals surface area contributed by atoms with Crippen molar-refractivity contribution < 1.29 is 0 Å². The van der Waals surface area contributed by atoms with Crippen molar-refractivity contribution in [2.45, 2.75) is 65.8 Å². The van der Waals surface area contributed by atoms with E-state index in [1.165, 1.54) is 32.1 Å². The molecule has 1 nitrogen and oxygen atoms in total. The first kappa shape index (κ1) is 11.4. The van der Waals surface area contributed by atoms with Crippen LogP contribution in [0.5, 0.6) is 0 Å². The summed E-state index contributed by atoms with van der Waals surface area (Å²) < 4.78 is 0. The van der Waals surface area contributed by atoms with E-state index in [1.807, 2.05) is 0 Å². The minimum atomic E-state index is 0.431. The molecular weight excluding hydrogens is 182 g/mol. The van der Waals surface area contributed by atoms with Crippen LogP contribution in [0, 0.1) is 22.7 Å². The molecule has 0 amide bonds. The van der Waals surface area contributed by atoms with Crippen LogP contribution in [-0.4, -0.2) is 6.04 Å². The topological polar surface area (TPSA) is 26.0 Å². The smallest absolute Gasteiger partial charge is 0.00774 e. The number of nitrogens with two attached hydrogens (primary N) is 1. The highest BCUT2D eigenvalue weighted by atomic mass is 14.8. The lowest BCUT2D eigenvalue weighted by molar-refractivity contribution is 0.0498. The summed E-state index contributed by atoms with van der Waals surface area (Å²) in [5, 5.41) is 0. The molecule has 0 spiro atoms. The van der Waals surface area contributed by atoms with Crippen molar-refractivity contribution in [1.29, 1.82) is 0 Å². The minimum Gasteiger partial charge on any atom is -0.327 e. The van der Waals surface area contributed by atoms with Gasteiger partial charge in [-0.05, 0) is 48.3 Å². The second-order valence-electron chi connectivity index (χ2n) is 6.85. The monoisotopic (exact) mass is 209 g/mol. The fraction of sp³-hybridized carbons (Fsp3) is 1.00. The standard InChI is InChI=1S/C14H27N/c1-5-6-11(15)12-13(2,3)10-7-8-14(12,4)9-10/h10-12H,5-9,15H2,1-4H3. The fourth-order valence-electron chi connectivity index (χ4n) is 4.91. The Hall–Kier alpha value is -0.0400. The number of rotatable bonds is 3. The van der Waals surface area contributed by atoms with E-state index in [2.05, 4.69) is 27.7 Å². The summed E-state index contributed by atoms with van der Waals surface area (Å²) in [6.07, 6.45) is 6.73. The first-order chi connectivity index (χ1) is 6.92. The molecule has 0 aromatic rings. The molecule has 0 aliphatic heterocycles. The van der Waals surface area contributed by atoms with Gasteiger partial charge in [0, 0.05) is 6.04 Å². The summed E-state index contributed by atoms with van der Waals surface area (Å²) in [5.74, 6) is 1.69. The Morgan fingerprint density at radius 2 is 2.00 bits per heavy atom. The van der Waals surface area contributed by atoms with Gasteiger partial charge in [-0.3, -0.25) is 0 Å². The van der Waals surface area contributed by atoms with E-state index in [0.717, 1.165) is 11.8 Å². The van der Waals surface area contributed by atoms with Crippen LogP contribution in [0.1, 0.15) is 59.8 Å². The molecule has 2 bridgehead atoms. The molecule has 88 valence electrons. The van der Waals surface area contributed by atoms with Gasteiger partial charge < -0.3 is 5.73 Å². The van der Waals surface area contributed by atoms with Crippen LogP contribution in [-0.2, 0) is 0 Å². The van der Waals surface area contributed by atoms with Gasteiger partial charge in [0.05, 0.1) is 0 Å². The van der Waals surface area contributed by atoms with Gasteiger partial charge in [0.15, 0.2) is 0 Å². The quantitative estimate of drug-likeness (QED) is 0.755. The molecule has 2 saturated carbocycles. The molecule has 0 saturated heterocycles. The summed E-state index contributed by atoms with van der Waals surface area (Å²) in [7, 11) is 0. The van der Waals surface area contributed by atoms with Crippen LogP contribution in [0.25, 0.3) is 0 Å². The SMILES string of the molecule is CCCC(N)C1C2(C)CCC(C2)C1(C)C. The van der Waals surface area contributed by atoms with Gasteiger partial charge in [0.1, 0.15) is 0 Å². The molecule has 0 aromatic heterocycles. The second-order valence-corrected chi connectivity index (χ2v) is 6.85. The van der Waals surface area contributed by atoms with Crippen LogP contribution >= 0.6 is 0 Å². The zero-order valence-corrected chi connectivity index (χ0v) is 10.8. The number of hydrogen-bond donors (Lipinski definition) is 1. The fourth-order valence-corrected chi connectivity index (χ4v) is 4.91. The van der Waals surface area contributed by atoms with E-state index < -0.39 is 0 Å². The Bertz CT molecular complexity index is 241. The van der Waals surface area contributed by atoms with E-state index in [0.29, 0.717) is 16.9 Å². The molecule has 2 aliphatic carbocycles. The maximum atomic E-state index is 6.44. The number of fused-ring (bicyclic) bond motifs is 2. The zero-order chi connectivity index (χ0) is 11.3. The van der Waals surface area contributed by atoms with Crippen LogP contribution in [0.15, 0.2) is 0 Å². The van der Waals surface area contributed by atoms with Gasteiger partial charge in [-0.2, -0.15) is 0 Å². The molecule has 0 radical (unpaired) electrons. The molecule has 2 rings (SSSR count). The Morgan fingerprint density at radius 1 is 1.33 bits per heavy atom. The van der Waals surface area contributed by atoms with Gasteiger partial charge in [0.25, 0.3) is 0 Å². The predicted molar refractivity (Wildman–Crippen MR) is 65.6 cm³/mol. The molecule has 4 atom stereocenters. The van der Waals surface area contributed by atoms with E-state index in [-0.39, 0.29) is 0 Å². The van der Waals surface area contributed by atoms with Crippen molar-refractivity contribution in [1.82, 2.24) is 0 Å². The lowest BCUT2D eigenvalue weighted by atomic mass is 9.61. The van der Waals surface area contributed by atoms with Crippen molar-refractivity contribution in [3.05, 3.63) is 0 Å². The summed E-state index contributed by atoms with van der Waals surface area (Å²) in [4.78, 5) is 0. The summed E-state index contributed by atoms with van der Waals surface area (Å²) in [5.41, 5.74) is 7.48. The lowest BCUT2D eigenvalue weighted by Gasteiger charge is -2.46. The highest BCUT2D eigenvalue weighted by molar-refractivity contribution is 5.10. The summed E-state index contributed by atoms with van der Waals surface area (Å²) in [6.45, 7) is 9.66. The Labute approximate surface area is 94.8 Å². The first-order valence-corrected chi connectivity index (χ1v) is 6.67. The molecular formula is C14H27N. The summed E-state index contributed by atoms with van der Waals surface area (Å²) in [6, 6.07) is 0.431. The third-order valence-corrected chi connectivity index (χ3v) is 5.43. The van der Waals surface area contributed by atoms with Gasteiger partial charge in [-0.15, -0.1) is 0 Å². The molecule has 1 heteroatoms. The predicted octanol–water partition coefficient (Wildman–Crippen LogP) is 3.58. The van der Waals surface area contributed by atoms with Crippen LogP contribution in [0.3, 0.4) is 0 Å². The van der Waals surface area contributed by atoms with E-state index in [4.69, 9.17) is 5.73 Å². The highest BCUT2D eigenvalue weighted by Gasteiger charge is 2.60. The van der Waals surface area contributed by atoms with Gasteiger partial charge >= 0.3 is 0 Å². The Balaban J connectivity index is 2.22. The third-order valence-electron chi connectivity index (χ3n) is 5.43. The van der Waals surface area contributed by atoms with Crippen molar-refractivity contribution in [2.75, 3.05) is 0 Å². The van der Waals surface area contributed by atoms with Gasteiger partial charge in [0.2, 0.25) is 0 Å². The van der Waals surface area contributed by atoms with E-state index >= 15 is 0 Å². The van der Waals surface area contributed by atoms with Crippen molar-refractivity contribution in [2.24, 2.45) is 28.4 Å². The minimum absolute atomic E-state index is 0.431. The molecule has 15 heavy (non-hydrogen) atoms. The average Bonchev–Trinajstić information content (AvgIpc) is 2.55. The largest absolute Gasteiger partial charge is 0.327 e. The highest BCUT2D eigenvalue weighted by Crippen LogP contribution is 2.66. The Kier molecular flexibility index (Phi) is 2.65. The maximum absolute atomic E-state index is 6.44. The molecule has 0 aromatic carbocycles. The van der Waals surface area contributed by atoms with E-state index in [9.17, 15) is 0 Å².